The molecule has 1 aromatic heterocycles. The Morgan fingerprint density at radius 3 is 2.45 bits per heavy atom. The first-order valence-corrected chi connectivity index (χ1v) is 14.1. The maximum Gasteiger partial charge on any atom is 0.270 e. The Kier molecular flexibility index (Phi) is 7.98. The molecule has 42 heavy (non-hydrogen) atoms. The van der Waals surface area contributed by atoms with E-state index in [0.717, 1.165) is 6.92 Å². The fraction of sp³-hybridized carbons (Fsp3) is 0.400. The number of fused-ring (bicyclic) bond motifs is 2. The summed E-state index contributed by atoms with van der Waals surface area (Å²) in [6, 6.07) is 10.2. The van der Waals surface area contributed by atoms with Crippen molar-refractivity contribution in [1.29, 1.82) is 0 Å². The number of amides is 4. The van der Waals surface area contributed by atoms with Crippen molar-refractivity contribution in [3.05, 3.63) is 64.8 Å². The van der Waals surface area contributed by atoms with Crippen molar-refractivity contribution >= 4 is 51.8 Å². The van der Waals surface area contributed by atoms with Crippen LogP contribution in [0.3, 0.4) is 0 Å². The number of hydrogen-bond acceptors (Lipinski definition) is 4. The zero-order valence-electron chi connectivity index (χ0n) is 23.5. The number of nitrogens with zero attached hydrogens (tertiary/aromatic N) is 3. The topological polar surface area (TPSA) is 106 Å². The zero-order chi connectivity index (χ0) is 30.3. The SMILES string of the molecule is CC(=O)N1CC[C@H]2CC[C@@H](C(=O)N(C)c3ccc(Cl)cc3)N2C(=O)[C@@H](NC(=O)c2cc3cc(C(C)(F)F)ccc3[nH]2)C1. The van der Waals surface area contributed by atoms with E-state index in [9.17, 15) is 28.0 Å². The average Bonchev–Trinajstić information content (AvgIpc) is 3.56. The minimum absolute atomic E-state index is 0.0660. The third-order valence-corrected chi connectivity index (χ3v) is 8.39. The molecule has 2 aliphatic heterocycles. The van der Waals surface area contributed by atoms with Gasteiger partial charge < -0.3 is 25.0 Å². The first-order valence-electron chi connectivity index (χ1n) is 13.8. The summed E-state index contributed by atoms with van der Waals surface area (Å²) < 4.78 is 27.7. The highest BCUT2D eigenvalue weighted by Crippen LogP contribution is 2.32. The Bertz CT molecular complexity index is 1540. The van der Waals surface area contributed by atoms with Gasteiger partial charge in [-0.25, -0.2) is 8.78 Å². The van der Waals surface area contributed by atoms with Gasteiger partial charge in [-0.1, -0.05) is 17.7 Å². The summed E-state index contributed by atoms with van der Waals surface area (Å²) in [6.07, 6.45) is 1.53. The van der Waals surface area contributed by atoms with E-state index >= 15 is 0 Å². The van der Waals surface area contributed by atoms with Crippen molar-refractivity contribution in [3.63, 3.8) is 0 Å². The van der Waals surface area contributed by atoms with Gasteiger partial charge in [0, 0.05) is 67.2 Å². The van der Waals surface area contributed by atoms with E-state index < -0.39 is 29.8 Å². The number of carbonyl (C=O) groups excluding carboxylic acids is 4. The fourth-order valence-corrected chi connectivity index (χ4v) is 5.92. The third kappa shape index (κ3) is 5.83. The lowest BCUT2D eigenvalue weighted by Gasteiger charge is -2.39. The van der Waals surface area contributed by atoms with Crippen LogP contribution in [-0.4, -0.2) is 76.7 Å². The van der Waals surface area contributed by atoms with Gasteiger partial charge in [0.1, 0.15) is 17.8 Å². The molecule has 0 spiro atoms. The fourth-order valence-electron chi connectivity index (χ4n) is 5.79. The monoisotopic (exact) mass is 599 g/mol. The van der Waals surface area contributed by atoms with Crippen LogP contribution in [0.2, 0.25) is 5.02 Å². The molecule has 0 bridgehead atoms. The molecular formula is C30H32ClF2N5O4. The zero-order valence-corrected chi connectivity index (χ0v) is 24.3. The van der Waals surface area contributed by atoms with Crippen molar-refractivity contribution in [1.82, 2.24) is 20.1 Å². The number of alkyl halides is 2. The number of rotatable bonds is 5. The van der Waals surface area contributed by atoms with Crippen LogP contribution < -0.4 is 10.2 Å². The normalized spacial score (nSPS) is 21.1. The predicted octanol–water partition coefficient (Wildman–Crippen LogP) is 4.31. The summed E-state index contributed by atoms with van der Waals surface area (Å²) in [6.45, 7) is 2.50. The average molecular weight is 600 g/mol. The van der Waals surface area contributed by atoms with E-state index in [0.29, 0.717) is 47.4 Å². The Labute approximate surface area is 246 Å². The Balaban J connectivity index is 1.41. The van der Waals surface area contributed by atoms with E-state index in [2.05, 4.69) is 10.3 Å². The number of likely N-dealkylation sites (N-methyl/N-ethyl adjacent to an activating group) is 1. The molecule has 0 saturated carbocycles. The van der Waals surface area contributed by atoms with Crippen LogP contribution in [0.25, 0.3) is 10.9 Å². The van der Waals surface area contributed by atoms with E-state index in [1.807, 2.05) is 0 Å². The molecule has 9 nitrogen and oxygen atoms in total. The number of anilines is 1. The second kappa shape index (κ2) is 11.4. The lowest BCUT2D eigenvalue weighted by atomic mass is 10.1. The Morgan fingerprint density at radius 2 is 1.79 bits per heavy atom. The maximum atomic E-state index is 14.1. The first kappa shape index (κ1) is 29.5. The molecule has 2 aliphatic rings. The lowest BCUT2D eigenvalue weighted by Crippen LogP contribution is -2.61. The standard InChI is InChI=1S/C30H32ClF2N5O4/c1-17(39)37-13-12-22-9-11-26(29(42)36(3)21-7-5-20(31)6-8-21)38(22)28(41)25(16-37)35-27(40)24-15-18-14-19(30(2,32)33)4-10-23(18)34-24/h4-8,10,14-15,22,25-26,34H,9,11-13,16H2,1-3H3,(H,35,40)/t22-,25+,26+/m1/s1. The molecule has 4 amide bonds. The van der Waals surface area contributed by atoms with Crippen LogP contribution in [0.5, 0.6) is 0 Å². The summed E-state index contributed by atoms with van der Waals surface area (Å²) in [4.78, 5) is 60.9. The van der Waals surface area contributed by atoms with Crippen molar-refractivity contribution in [2.75, 3.05) is 25.0 Å². The van der Waals surface area contributed by atoms with Gasteiger partial charge in [-0.05, 0) is 61.7 Å². The number of aromatic amines is 1. The molecule has 0 unspecified atom stereocenters. The van der Waals surface area contributed by atoms with E-state index in [1.54, 1.807) is 36.2 Å². The molecule has 222 valence electrons. The molecule has 2 N–H and O–H groups in total. The van der Waals surface area contributed by atoms with Crippen molar-refractivity contribution in [2.45, 2.75) is 57.2 Å². The number of nitrogens with one attached hydrogen (secondary N) is 2. The van der Waals surface area contributed by atoms with Gasteiger partial charge in [-0.2, -0.15) is 0 Å². The molecule has 5 rings (SSSR count). The van der Waals surface area contributed by atoms with Crippen LogP contribution in [0.4, 0.5) is 14.5 Å². The number of H-pyrrole nitrogens is 1. The molecular weight excluding hydrogens is 568 g/mol. The van der Waals surface area contributed by atoms with Gasteiger partial charge in [0.2, 0.25) is 17.7 Å². The minimum Gasteiger partial charge on any atom is -0.351 e. The third-order valence-electron chi connectivity index (χ3n) is 8.14. The highest BCUT2D eigenvalue weighted by Gasteiger charge is 2.46. The predicted molar refractivity (Wildman–Crippen MR) is 155 cm³/mol. The van der Waals surface area contributed by atoms with Gasteiger partial charge >= 0.3 is 0 Å². The summed E-state index contributed by atoms with van der Waals surface area (Å²) in [7, 11) is 1.64. The summed E-state index contributed by atoms with van der Waals surface area (Å²) in [5.74, 6) is -4.63. The van der Waals surface area contributed by atoms with Gasteiger partial charge in [0.25, 0.3) is 11.8 Å². The molecule has 2 saturated heterocycles. The Hall–Kier alpha value is -3.99. The molecule has 0 radical (unpaired) electrons. The summed E-state index contributed by atoms with van der Waals surface area (Å²) in [5, 5.41) is 3.69. The second-order valence-corrected chi connectivity index (χ2v) is 11.5. The van der Waals surface area contributed by atoms with Crippen LogP contribution in [-0.2, 0) is 20.3 Å². The number of halogens is 3. The second-order valence-electron chi connectivity index (χ2n) is 11.0. The molecule has 2 aromatic carbocycles. The number of carbonyl (C=O) groups is 4. The molecule has 12 heteroatoms. The maximum absolute atomic E-state index is 14.1. The van der Waals surface area contributed by atoms with E-state index in [1.165, 1.54) is 41.0 Å². The number of hydrogen-bond donors (Lipinski definition) is 2. The van der Waals surface area contributed by atoms with Crippen LogP contribution in [0, 0.1) is 0 Å². The highest BCUT2D eigenvalue weighted by molar-refractivity contribution is 6.30. The quantitative estimate of drug-likeness (QED) is 0.456. The van der Waals surface area contributed by atoms with Gasteiger partial charge in [-0.3, -0.25) is 19.2 Å². The smallest absolute Gasteiger partial charge is 0.270 e. The van der Waals surface area contributed by atoms with Crippen molar-refractivity contribution in [2.24, 2.45) is 0 Å². The highest BCUT2D eigenvalue weighted by atomic mass is 35.5. The van der Waals surface area contributed by atoms with Gasteiger partial charge in [-0.15, -0.1) is 0 Å². The van der Waals surface area contributed by atoms with E-state index in [-0.39, 0.29) is 35.7 Å². The Morgan fingerprint density at radius 1 is 1.07 bits per heavy atom. The molecule has 3 heterocycles. The number of aromatic nitrogens is 1. The molecule has 2 fully saturated rings. The number of benzene rings is 2. The molecule has 3 atom stereocenters. The van der Waals surface area contributed by atoms with Crippen LogP contribution in [0.15, 0.2) is 48.5 Å². The summed E-state index contributed by atoms with van der Waals surface area (Å²) >= 11 is 6.00. The van der Waals surface area contributed by atoms with Crippen LogP contribution >= 0.6 is 11.6 Å². The van der Waals surface area contributed by atoms with Crippen LogP contribution in [0.1, 0.15) is 49.2 Å². The van der Waals surface area contributed by atoms with Gasteiger partial charge in [0.15, 0.2) is 0 Å². The molecule has 0 aliphatic carbocycles. The van der Waals surface area contributed by atoms with Crippen molar-refractivity contribution in [3.8, 4) is 0 Å². The lowest BCUT2D eigenvalue weighted by molar-refractivity contribution is -0.144. The largest absolute Gasteiger partial charge is 0.351 e. The van der Waals surface area contributed by atoms with E-state index in [4.69, 9.17) is 11.6 Å². The molecule has 3 aromatic rings. The first-order chi connectivity index (χ1) is 19.8. The summed E-state index contributed by atoms with van der Waals surface area (Å²) in [5.41, 5.74) is 1.01. The van der Waals surface area contributed by atoms with Gasteiger partial charge in [0.05, 0.1) is 0 Å². The minimum atomic E-state index is -3.04. The van der Waals surface area contributed by atoms with Crippen molar-refractivity contribution < 1.29 is 28.0 Å².